The third-order valence-corrected chi connectivity index (χ3v) is 3.32. The third kappa shape index (κ3) is 4.14. The SMILES string of the molecule is CCNC(=O)CC1NCCN(CC2CC2)C1=O.Cl. The average molecular weight is 276 g/mol. The van der Waals surface area contributed by atoms with Gasteiger partial charge in [0.2, 0.25) is 11.8 Å². The minimum absolute atomic E-state index is 0. The quantitative estimate of drug-likeness (QED) is 0.751. The van der Waals surface area contributed by atoms with Gasteiger partial charge in [-0.1, -0.05) is 0 Å². The first-order valence-corrected chi connectivity index (χ1v) is 6.49. The second-order valence-corrected chi connectivity index (χ2v) is 4.89. The lowest BCUT2D eigenvalue weighted by atomic mass is 10.1. The van der Waals surface area contributed by atoms with Crippen LogP contribution in [0.3, 0.4) is 0 Å². The molecule has 6 heteroatoms. The largest absolute Gasteiger partial charge is 0.356 e. The second kappa shape index (κ2) is 6.95. The molecule has 104 valence electrons. The molecule has 2 fully saturated rings. The summed E-state index contributed by atoms with van der Waals surface area (Å²) in [4.78, 5) is 25.5. The van der Waals surface area contributed by atoms with Crippen molar-refractivity contribution in [1.29, 1.82) is 0 Å². The molecule has 1 atom stereocenters. The molecule has 0 spiro atoms. The van der Waals surface area contributed by atoms with E-state index in [1.54, 1.807) is 0 Å². The molecule has 2 amide bonds. The molecule has 1 aliphatic heterocycles. The molecule has 2 N–H and O–H groups in total. The number of nitrogens with zero attached hydrogens (tertiary/aromatic N) is 1. The summed E-state index contributed by atoms with van der Waals surface area (Å²) in [6.07, 6.45) is 2.75. The molecule has 0 aromatic carbocycles. The normalized spacial score (nSPS) is 23.5. The van der Waals surface area contributed by atoms with Gasteiger partial charge in [0.05, 0.1) is 12.5 Å². The monoisotopic (exact) mass is 275 g/mol. The van der Waals surface area contributed by atoms with Crippen LogP contribution in [0.2, 0.25) is 0 Å². The van der Waals surface area contributed by atoms with E-state index in [-0.39, 0.29) is 36.7 Å². The second-order valence-electron chi connectivity index (χ2n) is 4.89. The van der Waals surface area contributed by atoms with Crippen LogP contribution in [0.1, 0.15) is 26.2 Å². The fourth-order valence-electron chi connectivity index (χ4n) is 2.20. The molecule has 5 nitrogen and oxygen atoms in total. The van der Waals surface area contributed by atoms with Gasteiger partial charge in [0, 0.05) is 26.2 Å². The van der Waals surface area contributed by atoms with E-state index >= 15 is 0 Å². The third-order valence-electron chi connectivity index (χ3n) is 3.32. The molecule has 18 heavy (non-hydrogen) atoms. The van der Waals surface area contributed by atoms with E-state index in [0.717, 1.165) is 19.6 Å². The summed E-state index contributed by atoms with van der Waals surface area (Å²) < 4.78 is 0. The Morgan fingerprint density at radius 2 is 2.22 bits per heavy atom. The zero-order chi connectivity index (χ0) is 12.3. The van der Waals surface area contributed by atoms with Gasteiger partial charge in [0.1, 0.15) is 0 Å². The van der Waals surface area contributed by atoms with Crippen LogP contribution < -0.4 is 10.6 Å². The van der Waals surface area contributed by atoms with E-state index in [2.05, 4.69) is 10.6 Å². The Balaban J connectivity index is 0.00000162. The lowest BCUT2D eigenvalue weighted by Gasteiger charge is -2.33. The van der Waals surface area contributed by atoms with Crippen molar-refractivity contribution in [2.24, 2.45) is 5.92 Å². The number of carbonyl (C=O) groups is 2. The highest BCUT2D eigenvalue weighted by Gasteiger charge is 2.33. The Hall–Kier alpha value is -0.810. The van der Waals surface area contributed by atoms with Crippen LogP contribution in [0.15, 0.2) is 0 Å². The van der Waals surface area contributed by atoms with E-state index in [1.807, 2.05) is 11.8 Å². The smallest absolute Gasteiger partial charge is 0.240 e. The van der Waals surface area contributed by atoms with E-state index < -0.39 is 0 Å². The number of carbonyl (C=O) groups excluding carboxylic acids is 2. The van der Waals surface area contributed by atoms with Crippen molar-refractivity contribution in [1.82, 2.24) is 15.5 Å². The minimum Gasteiger partial charge on any atom is -0.356 e. The van der Waals surface area contributed by atoms with Gasteiger partial charge in [-0.15, -0.1) is 12.4 Å². The molecular weight excluding hydrogens is 254 g/mol. The van der Waals surface area contributed by atoms with Gasteiger partial charge in [0.25, 0.3) is 0 Å². The molecular formula is C12H22ClN3O2. The van der Waals surface area contributed by atoms with Crippen LogP contribution in [0.25, 0.3) is 0 Å². The first kappa shape index (κ1) is 15.2. The van der Waals surface area contributed by atoms with E-state index in [9.17, 15) is 9.59 Å². The van der Waals surface area contributed by atoms with Crippen molar-refractivity contribution in [2.45, 2.75) is 32.2 Å². The number of nitrogens with one attached hydrogen (secondary N) is 2. The first-order valence-electron chi connectivity index (χ1n) is 6.49. The van der Waals surface area contributed by atoms with Crippen LogP contribution in [-0.4, -0.2) is 48.9 Å². The zero-order valence-electron chi connectivity index (χ0n) is 10.8. The highest BCUT2D eigenvalue weighted by Crippen LogP contribution is 2.30. The predicted octanol–water partition coefficient (Wildman–Crippen LogP) is 0.145. The van der Waals surface area contributed by atoms with Crippen molar-refractivity contribution in [3.8, 4) is 0 Å². The van der Waals surface area contributed by atoms with Crippen molar-refractivity contribution in [3.05, 3.63) is 0 Å². The van der Waals surface area contributed by atoms with Crippen LogP contribution >= 0.6 is 12.4 Å². The van der Waals surface area contributed by atoms with Gasteiger partial charge in [-0.05, 0) is 25.7 Å². The Morgan fingerprint density at radius 1 is 1.50 bits per heavy atom. The first-order chi connectivity index (χ1) is 8.20. The topological polar surface area (TPSA) is 61.4 Å². The fraction of sp³-hybridized carbons (Fsp3) is 0.833. The molecule has 1 unspecified atom stereocenters. The number of halogens is 1. The molecule has 0 aromatic rings. The van der Waals surface area contributed by atoms with E-state index in [0.29, 0.717) is 12.5 Å². The van der Waals surface area contributed by atoms with Crippen LogP contribution in [0, 0.1) is 5.92 Å². The molecule has 1 heterocycles. The van der Waals surface area contributed by atoms with Crippen molar-refractivity contribution in [2.75, 3.05) is 26.2 Å². The number of piperazine rings is 1. The van der Waals surface area contributed by atoms with Gasteiger partial charge in [-0.25, -0.2) is 0 Å². The number of amides is 2. The summed E-state index contributed by atoms with van der Waals surface area (Å²) in [7, 11) is 0. The molecule has 2 rings (SSSR count). The van der Waals surface area contributed by atoms with E-state index in [1.165, 1.54) is 12.8 Å². The van der Waals surface area contributed by atoms with Crippen molar-refractivity contribution < 1.29 is 9.59 Å². The lowest BCUT2D eigenvalue weighted by molar-refractivity contribution is -0.138. The Bertz CT molecular complexity index is 308. The van der Waals surface area contributed by atoms with Gasteiger partial charge in [-0.3, -0.25) is 9.59 Å². The molecule has 0 radical (unpaired) electrons. The maximum atomic E-state index is 12.1. The van der Waals surface area contributed by atoms with Gasteiger partial charge in [0.15, 0.2) is 0 Å². The number of hydrogen-bond acceptors (Lipinski definition) is 3. The summed E-state index contributed by atoms with van der Waals surface area (Å²) in [6, 6.07) is -0.325. The molecule has 2 aliphatic rings. The number of rotatable bonds is 5. The standard InChI is InChI=1S/C12H21N3O2.ClH/c1-2-13-11(16)7-10-12(17)15(6-5-14-10)8-9-3-4-9;/h9-10,14H,2-8H2,1H3,(H,13,16);1H. The number of hydrogen-bond donors (Lipinski definition) is 2. The van der Waals surface area contributed by atoms with Crippen LogP contribution in [0.4, 0.5) is 0 Å². The molecule has 1 saturated heterocycles. The summed E-state index contributed by atoms with van der Waals surface area (Å²) in [5.41, 5.74) is 0. The van der Waals surface area contributed by atoms with Crippen molar-refractivity contribution in [3.63, 3.8) is 0 Å². The summed E-state index contributed by atoms with van der Waals surface area (Å²) in [6.45, 7) is 4.95. The summed E-state index contributed by atoms with van der Waals surface area (Å²) in [5.74, 6) is 0.753. The summed E-state index contributed by atoms with van der Waals surface area (Å²) >= 11 is 0. The maximum absolute atomic E-state index is 12.1. The minimum atomic E-state index is -0.325. The van der Waals surface area contributed by atoms with Gasteiger partial charge < -0.3 is 15.5 Å². The zero-order valence-corrected chi connectivity index (χ0v) is 11.6. The van der Waals surface area contributed by atoms with Crippen LogP contribution in [-0.2, 0) is 9.59 Å². The highest BCUT2D eigenvalue weighted by molar-refractivity contribution is 5.88. The maximum Gasteiger partial charge on any atom is 0.240 e. The Kier molecular flexibility index (Phi) is 5.88. The predicted molar refractivity (Wildman–Crippen MR) is 71.6 cm³/mol. The molecule has 1 aliphatic carbocycles. The van der Waals surface area contributed by atoms with E-state index in [4.69, 9.17) is 0 Å². The Morgan fingerprint density at radius 3 is 2.83 bits per heavy atom. The fourth-order valence-corrected chi connectivity index (χ4v) is 2.20. The highest BCUT2D eigenvalue weighted by atomic mass is 35.5. The molecule has 0 bridgehead atoms. The van der Waals surface area contributed by atoms with Gasteiger partial charge in [-0.2, -0.15) is 0 Å². The van der Waals surface area contributed by atoms with Crippen LogP contribution in [0.5, 0.6) is 0 Å². The van der Waals surface area contributed by atoms with Crippen molar-refractivity contribution >= 4 is 24.2 Å². The van der Waals surface area contributed by atoms with Gasteiger partial charge >= 0.3 is 0 Å². The lowest BCUT2D eigenvalue weighted by Crippen LogP contribution is -2.56. The Labute approximate surface area is 114 Å². The summed E-state index contributed by atoms with van der Waals surface area (Å²) in [5, 5.41) is 5.86. The average Bonchev–Trinajstić information content (AvgIpc) is 3.08. The molecule has 1 saturated carbocycles. The molecule has 0 aromatic heterocycles.